The van der Waals surface area contributed by atoms with Crippen molar-refractivity contribution in [1.29, 1.82) is 0 Å². The minimum absolute atomic E-state index is 0.00240. The number of hydrogen-bond acceptors (Lipinski definition) is 5. The van der Waals surface area contributed by atoms with Gasteiger partial charge in [0.05, 0.1) is 6.04 Å². The molecule has 0 bridgehead atoms. The topological polar surface area (TPSA) is 64.5 Å². The summed E-state index contributed by atoms with van der Waals surface area (Å²) in [6.45, 7) is 4.55. The quantitative estimate of drug-likeness (QED) is 0.553. The number of nitrogens with zero attached hydrogens (tertiary/aromatic N) is 3. The Bertz CT molecular complexity index is 990. The van der Waals surface area contributed by atoms with Gasteiger partial charge in [0.2, 0.25) is 0 Å². The van der Waals surface area contributed by atoms with Crippen LogP contribution in [0.4, 0.5) is 10.6 Å². The van der Waals surface area contributed by atoms with Crippen LogP contribution in [0.25, 0.3) is 0 Å². The molecule has 30 heavy (non-hydrogen) atoms. The number of para-hydroxylation sites is 1. The molecular weight excluding hydrogens is 378 g/mol. The molecular formula is C24H25N3O3. The van der Waals surface area contributed by atoms with Gasteiger partial charge in [-0.2, -0.15) is 0 Å². The first-order valence-corrected chi connectivity index (χ1v) is 10.2. The maximum Gasteiger partial charge on any atom is 0.415 e. The van der Waals surface area contributed by atoms with Crippen molar-refractivity contribution >= 4 is 11.9 Å². The molecule has 0 spiro atoms. The Balaban J connectivity index is 1.39. The van der Waals surface area contributed by atoms with E-state index in [0.717, 1.165) is 17.9 Å². The second kappa shape index (κ2) is 8.95. The molecule has 1 fully saturated rings. The number of carbonyl (C=O) groups excluding carboxylic acids is 1. The summed E-state index contributed by atoms with van der Waals surface area (Å²) in [5.41, 5.74) is 1.17. The van der Waals surface area contributed by atoms with E-state index in [-0.39, 0.29) is 18.1 Å². The fourth-order valence-corrected chi connectivity index (χ4v) is 3.44. The van der Waals surface area contributed by atoms with E-state index in [0.29, 0.717) is 24.7 Å². The highest BCUT2D eigenvalue weighted by molar-refractivity contribution is 5.89. The molecule has 1 aliphatic heterocycles. The van der Waals surface area contributed by atoms with Gasteiger partial charge >= 0.3 is 6.09 Å². The van der Waals surface area contributed by atoms with Crippen LogP contribution in [0, 0.1) is 5.92 Å². The van der Waals surface area contributed by atoms with Crippen molar-refractivity contribution in [3.63, 3.8) is 0 Å². The van der Waals surface area contributed by atoms with Crippen LogP contribution in [0.5, 0.6) is 11.5 Å². The van der Waals surface area contributed by atoms with Gasteiger partial charge in [-0.3, -0.25) is 4.90 Å². The summed E-state index contributed by atoms with van der Waals surface area (Å²) < 4.78 is 11.1. The third kappa shape index (κ3) is 4.59. The Kier molecular flexibility index (Phi) is 5.93. The third-order valence-corrected chi connectivity index (χ3v) is 5.15. The molecule has 1 saturated heterocycles. The molecule has 0 unspecified atom stereocenters. The molecule has 3 aromatic rings. The number of rotatable bonds is 7. The van der Waals surface area contributed by atoms with Crippen molar-refractivity contribution in [3.8, 4) is 11.5 Å². The van der Waals surface area contributed by atoms with Gasteiger partial charge in [0.15, 0.2) is 0 Å². The number of hydrogen-bond donors (Lipinski definition) is 0. The fraction of sp³-hybridized carbons (Fsp3) is 0.292. The van der Waals surface area contributed by atoms with E-state index in [4.69, 9.17) is 9.47 Å². The summed E-state index contributed by atoms with van der Waals surface area (Å²) in [6, 6.07) is 19.5. The highest BCUT2D eigenvalue weighted by Crippen LogP contribution is 2.26. The smallest absolute Gasteiger partial charge is 0.415 e. The first-order chi connectivity index (χ1) is 14.6. The first-order valence-electron chi connectivity index (χ1n) is 10.2. The summed E-state index contributed by atoms with van der Waals surface area (Å²) >= 11 is 0. The molecule has 1 atom stereocenters. The number of anilines is 1. The Morgan fingerprint density at radius 2 is 1.77 bits per heavy atom. The van der Waals surface area contributed by atoms with Gasteiger partial charge in [-0.1, -0.05) is 44.2 Å². The van der Waals surface area contributed by atoms with Crippen LogP contribution in [0.2, 0.25) is 0 Å². The second-order valence-corrected chi connectivity index (χ2v) is 7.65. The van der Waals surface area contributed by atoms with Crippen molar-refractivity contribution in [2.75, 3.05) is 11.5 Å². The normalized spacial score (nSPS) is 16.0. The van der Waals surface area contributed by atoms with Crippen LogP contribution in [-0.2, 0) is 17.6 Å². The zero-order chi connectivity index (χ0) is 20.9. The van der Waals surface area contributed by atoms with E-state index in [1.807, 2.05) is 42.5 Å². The predicted octanol–water partition coefficient (Wildman–Crippen LogP) is 5.04. The minimum atomic E-state index is -0.340. The average Bonchev–Trinajstić information content (AvgIpc) is 3.16. The largest absolute Gasteiger partial charge is 0.457 e. The molecule has 1 aliphatic rings. The summed E-state index contributed by atoms with van der Waals surface area (Å²) in [7, 11) is 0. The van der Waals surface area contributed by atoms with E-state index in [1.165, 1.54) is 5.56 Å². The van der Waals surface area contributed by atoms with Crippen LogP contribution >= 0.6 is 0 Å². The molecule has 6 heteroatoms. The molecule has 0 aliphatic carbocycles. The van der Waals surface area contributed by atoms with Gasteiger partial charge in [0.25, 0.3) is 0 Å². The zero-order valence-electron chi connectivity index (χ0n) is 17.2. The van der Waals surface area contributed by atoms with Crippen molar-refractivity contribution in [2.24, 2.45) is 5.92 Å². The summed E-state index contributed by atoms with van der Waals surface area (Å²) in [4.78, 5) is 22.8. The van der Waals surface area contributed by atoms with Crippen molar-refractivity contribution in [1.82, 2.24) is 9.97 Å². The number of ether oxygens (including phenoxy) is 2. The number of carbonyl (C=O) groups is 1. The molecule has 2 aromatic carbocycles. The third-order valence-electron chi connectivity index (χ3n) is 5.15. The fourth-order valence-electron chi connectivity index (χ4n) is 3.44. The molecule has 2 heterocycles. The Hall–Kier alpha value is -3.41. The van der Waals surface area contributed by atoms with E-state index in [9.17, 15) is 4.79 Å². The van der Waals surface area contributed by atoms with Crippen LogP contribution in [0.3, 0.4) is 0 Å². The van der Waals surface area contributed by atoms with E-state index in [2.05, 4.69) is 35.9 Å². The lowest BCUT2D eigenvalue weighted by Crippen LogP contribution is -2.37. The van der Waals surface area contributed by atoms with Crippen molar-refractivity contribution < 1.29 is 14.3 Å². The molecule has 0 saturated carbocycles. The van der Waals surface area contributed by atoms with Gasteiger partial charge in [0, 0.05) is 12.6 Å². The molecule has 1 aromatic heterocycles. The molecule has 1 amide bonds. The lowest BCUT2D eigenvalue weighted by Gasteiger charge is -2.23. The Morgan fingerprint density at radius 3 is 2.50 bits per heavy atom. The minimum Gasteiger partial charge on any atom is -0.457 e. The van der Waals surface area contributed by atoms with Gasteiger partial charge in [-0.15, -0.1) is 0 Å². The maximum absolute atomic E-state index is 12.2. The number of benzene rings is 2. The Labute approximate surface area is 176 Å². The van der Waals surface area contributed by atoms with E-state index < -0.39 is 0 Å². The van der Waals surface area contributed by atoms with Crippen LogP contribution < -0.4 is 9.64 Å². The maximum atomic E-state index is 12.2. The van der Waals surface area contributed by atoms with Gasteiger partial charge < -0.3 is 9.47 Å². The van der Waals surface area contributed by atoms with Gasteiger partial charge in [-0.25, -0.2) is 14.8 Å². The van der Waals surface area contributed by atoms with Crippen molar-refractivity contribution in [2.45, 2.75) is 32.7 Å². The van der Waals surface area contributed by atoms with Crippen LogP contribution in [0.15, 0.2) is 66.9 Å². The number of cyclic esters (lactones) is 1. The highest BCUT2D eigenvalue weighted by atomic mass is 16.6. The molecule has 0 N–H and O–H groups in total. The molecule has 4 rings (SSSR count). The Morgan fingerprint density at radius 1 is 1.03 bits per heavy atom. The molecule has 0 radical (unpaired) electrons. The number of aromatic nitrogens is 2. The van der Waals surface area contributed by atoms with Crippen LogP contribution in [-0.4, -0.2) is 28.7 Å². The molecule has 6 nitrogen and oxygen atoms in total. The van der Waals surface area contributed by atoms with Gasteiger partial charge in [-0.05, 0) is 48.2 Å². The SMILES string of the molecule is CC(C)[C@H]1COC(=O)N1c1ccnc(CCc2ccc(Oc3ccccc3)cc2)n1. The summed E-state index contributed by atoms with van der Waals surface area (Å²) in [6.07, 6.45) is 2.85. The van der Waals surface area contributed by atoms with E-state index >= 15 is 0 Å². The highest BCUT2D eigenvalue weighted by Gasteiger charge is 2.37. The van der Waals surface area contributed by atoms with Gasteiger partial charge in [0.1, 0.15) is 29.7 Å². The first kappa shape index (κ1) is 19.9. The second-order valence-electron chi connectivity index (χ2n) is 7.65. The lowest BCUT2D eigenvalue weighted by atomic mass is 10.0. The van der Waals surface area contributed by atoms with E-state index in [1.54, 1.807) is 17.2 Å². The number of amides is 1. The summed E-state index contributed by atoms with van der Waals surface area (Å²) in [5, 5.41) is 0. The van der Waals surface area contributed by atoms with Crippen LogP contribution in [0.1, 0.15) is 25.2 Å². The lowest BCUT2D eigenvalue weighted by molar-refractivity contribution is 0.177. The zero-order valence-corrected chi connectivity index (χ0v) is 17.2. The van der Waals surface area contributed by atoms with Crippen molar-refractivity contribution in [3.05, 3.63) is 78.2 Å². The monoisotopic (exact) mass is 403 g/mol. The predicted molar refractivity (Wildman–Crippen MR) is 115 cm³/mol. The molecule has 154 valence electrons. The standard InChI is InChI=1S/C24H25N3O3/c1-17(2)21-16-29-24(28)27(21)23-14-15-25-22(26-23)13-10-18-8-11-20(12-9-18)30-19-6-4-3-5-7-19/h3-9,11-12,14-15,17,21H,10,13,16H2,1-2H3/t21-/m1/s1. The average molecular weight is 403 g/mol. The summed E-state index contributed by atoms with van der Waals surface area (Å²) in [5.74, 6) is 3.21. The number of aryl methyl sites for hydroxylation is 2.